The molecule has 0 saturated carbocycles. The standard InChI is InChI=1S/C29H34ClN3O4S/c1-5-18-31-29(35)23(4)32(19-24-12-8-6-10-21(24)2)28(34)20-33(27-13-9-7-11-22(27)3)38(36,37)26-16-14-25(30)15-17-26/h6-17,23H,5,18-20H2,1-4H3,(H,31,35)/t23-/m1/s1. The predicted octanol–water partition coefficient (Wildman–Crippen LogP) is 5.10. The van der Waals surface area contributed by atoms with Crippen LogP contribution in [-0.2, 0) is 26.2 Å². The van der Waals surface area contributed by atoms with E-state index in [4.69, 9.17) is 11.6 Å². The second-order valence-electron chi connectivity index (χ2n) is 9.17. The highest BCUT2D eigenvalue weighted by Gasteiger charge is 2.33. The molecule has 0 radical (unpaired) electrons. The van der Waals surface area contributed by atoms with Gasteiger partial charge >= 0.3 is 0 Å². The van der Waals surface area contributed by atoms with Crippen molar-refractivity contribution in [2.24, 2.45) is 0 Å². The molecule has 0 spiro atoms. The lowest BCUT2D eigenvalue weighted by Crippen LogP contribution is -2.51. The van der Waals surface area contributed by atoms with E-state index >= 15 is 0 Å². The van der Waals surface area contributed by atoms with Crippen LogP contribution in [0.25, 0.3) is 0 Å². The van der Waals surface area contributed by atoms with Crippen molar-refractivity contribution in [3.05, 3.63) is 94.5 Å². The van der Waals surface area contributed by atoms with Crippen LogP contribution in [0, 0.1) is 13.8 Å². The van der Waals surface area contributed by atoms with Crippen molar-refractivity contribution in [2.75, 3.05) is 17.4 Å². The SMILES string of the molecule is CCCNC(=O)[C@@H](C)N(Cc1ccccc1C)C(=O)CN(c1ccccc1C)S(=O)(=O)c1ccc(Cl)cc1. The number of para-hydroxylation sites is 1. The maximum Gasteiger partial charge on any atom is 0.264 e. The number of carbonyl (C=O) groups excluding carboxylic acids is 2. The highest BCUT2D eigenvalue weighted by Crippen LogP contribution is 2.28. The Morgan fingerprint density at radius 2 is 1.53 bits per heavy atom. The number of benzene rings is 3. The van der Waals surface area contributed by atoms with Crippen molar-refractivity contribution in [2.45, 2.75) is 51.6 Å². The zero-order valence-corrected chi connectivity index (χ0v) is 23.7. The zero-order valence-electron chi connectivity index (χ0n) is 22.1. The van der Waals surface area contributed by atoms with Gasteiger partial charge in [-0.25, -0.2) is 8.42 Å². The minimum Gasteiger partial charge on any atom is -0.354 e. The van der Waals surface area contributed by atoms with E-state index in [0.717, 1.165) is 21.9 Å². The van der Waals surface area contributed by atoms with E-state index in [1.165, 1.54) is 29.2 Å². The largest absolute Gasteiger partial charge is 0.354 e. The van der Waals surface area contributed by atoms with Crippen LogP contribution in [0.2, 0.25) is 5.02 Å². The summed E-state index contributed by atoms with van der Waals surface area (Å²) in [6.45, 7) is 7.49. The Morgan fingerprint density at radius 3 is 2.13 bits per heavy atom. The molecule has 7 nitrogen and oxygen atoms in total. The van der Waals surface area contributed by atoms with E-state index < -0.39 is 28.5 Å². The van der Waals surface area contributed by atoms with Crippen LogP contribution < -0.4 is 9.62 Å². The zero-order chi connectivity index (χ0) is 27.9. The summed E-state index contributed by atoms with van der Waals surface area (Å²) in [6.07, 6.45) is 0.755. The molecule has 0 heterocycles. The molecule has 38 heavy (non-hydrogen) atoms. The van der Waals surface area contributed by atoms with E-state index in [1.54, 1.807) is 38.1 Å². The molecular formula is C29H34ClN3O4S. The van der Waals surface area contributed by atoms with Crippen molar-refractivity contribution < 1.29 is 18.0 Å². The van der Waals surface area contributed by atoms with E-state index in [2.05, 4.69) is 5.32 Å². The number of hydrogen-bond donors (Lipinski definition) is 1. The van der Waals surface area contributed by atoms with Gasteiger partial charge in [0.15, 0.2) is 0 Å². The Labute approximate surface area is 230 Å². The lowest BCUT2D eigenvalue weighted by molar-refractivity contribution is -0.139. The number of halogens is 1. The molecule has 0 aliphatic rings. The highest BCUT2D eigenvalue weighted by molar-refractivity contribution is 7.92. The highest BCUT2D eigenvalue weighted by atomic mass is 35.5. The van der Waals surface area contributed by atoms with Gasteiger partial charge in [0.1, 0.15) is 12.6 Å². The fourth-order valence-corrected chi connectivity index (χ4v) is 5.64. The van der Waals surface area contributed by atoms with Crippen LogP contribution in [0.15, 0.2) is 77.7 Å². The van der Waals surface area contributed by atoms with Crippen LogP contribution in [0.1, 0.15) is 37.0 Å². The number of sulfonamides is 1. The summed E-state index contributed by atoms with van der Waals surface area (Å²) in [5.74, 6) is -0.787. The molecular weight excluding hydrogens is 522 g/mol. The van der Waals surface area contributed by atoms with E-state index in [-0.39, 0.29) is 17.3 Å². The van der Waals surface area contributed by atoms with Crippen molar-refractivity contribution in [1.29, 1.82) is 0 Å². The first-order chi connectivity index (χ1) is 18.1. The van der Waals surface area contributed by atoms with Crippen molar-refractivity contribution in [3.63, 3.8) is 0 Å². The van der Waals surface area contributed by atoms with Crippen LogP contribution >= 0.6 is 11.6 Å². The first kappa shape index (κ1) is 29.2. The fraction of sp³-hybridized carbons (Fsp3) is 0.310. The molecule has 0 aromatic heterocycles. The molecule has 1 atom stereocenters. The molecule has 3 aromatic carbocycles. The molecule has 0 unspecified atom stereocenters. The first-order valence-corrected chi connectivity index (χ1v) is 14.3. The van der Waals surface area contributed by atoms with Crippen molar-refractivity contribution in [3.8, 4) is 0 Å². The van der Waals surface area contributed by atoms with Crippen LogP contribution in [0.4, 0.5) is 5.69 Å². The third kappa shape index (κ3) is 6.94. The van der Waals surface area contributed by atoms with Crippen molar-refractivity contribution in [1.82, 2.24) is 10.2 Å². The van der Waals surface area contributed by atoms with Crippen LogP contribution in [-0.4, -0.2) is 44.3 Å². The molecule has 1 N–H and O–H groups in total. The number of aryl methyl sites for hydroxylation is 2. The Hall–Kier alpha value is -3.36. The average molecular weight is 556 g/mol. The number of rotatable bonds is 11. The van der Waals surface area contributed by atoms with Gasteiger partial charge in [-0.15, -0.1) is 0 Å². The fourth-order valence-electron chi connectivity index (χ4n) is 4.04. The molecule has 3 aromatic rings. The molecule has 0 saturated heterocycles. The molecule has 2 amide bonds. The Bertz CT molecular complexity index is 1380. The molecule has 0 bridgehead atoms. The normalized spacial score (nSPS) is 12.0. The number of nitrogens with one attached hydrogen (secondary N) is 1. The Balaban J connectivity index is 2.04. The topological polar surface area (TPSA) is 86.8 Å². The molecule has 202 valence electrons. The first-order valence-electron chi connectivity index (χ1n) is 12.5. The summed E-state index contributed by atoms with van der Waals surface area (Å²) in [7, 11) is -4.14. The molecule has 0 fully saturated rings. The number of hydrogen-bond acceptors (Lipinski definition) is 4. The average Bonchev–Trinajstić information content (AvgIpc) is 2.90. The summed E-state index contributed by atoms with van der Waals surface area (Å²) in [5.41, 5.74) is 2.92. The number of carbonyl (C=O) groups is 2. The van der Waals surface area contributed by atoms with Crippen LogP contribution in [0.3, 0.4) is 0 Å². The minimum atomic E-state index is -4.14. The van der Waals surface area contributed by atoms with Gasteiger partial charge < -0.3 is 10.2 Å². The third-order valence-corrected chi connectivity index (χ3v) is 8.41. The summed E-state index contributed by atoms with van der Waals surface area (Å²) in [5, 5.41) is 3.25. The van der Waals surface area contributed by atoms with Gasteiger partial charge in [-0.05, 0) is 74.2 Å². The predicted molar refractivity (Wildman–Crippen MR) is 152 cm³/mol. The van der Waals surface area contributed by atoms with E-state index in [1.807, 2.05) is 38.1 Å². The minimum absolute atomic E-state index is 0.0112. The lowest BCUT2D eigenvalue weighted by atomic mass is 10.1. The van der Waals surface area contributed by atoms with Gasteiger partial charge in [0.05, 0.1) is 10.6 Å². The number of amides is 2. The number of nitrogens with zero attached hydrogens (tertiary/aromatic N) is 2. The smallest absolute Gasteiger partial charge is 0.264 e. The summed E-state index contributed by atoms with van der Waals surface area (Å²) < 4.78 is 28.8. The van der Waals surface area contributed by atoms with Gasteiger partial charge in [0.2, 0.25) is 11.8 Å². The molecule has 0 aliphatic heterocycles. The summed E-state index contributed by atoms with van der Waals surface area (Å²) in [6, 6.07) is 19.6. The lowest BCUT2D eigenvalue weighted by Gasteiger charge is -2.32. The maximum absolute atomic E-state index is 13.9. The van der Waals surface area contributed by atoms with Gasteiger partial charge in [-0.2, -0.15) is 0 Å². The maximum atomic E-state index is 13.9. The Morgan fingerprint density at radius 1 is 0.921 bits per heavy atom. The van der Waals surface area contributed by atoms with Gasteiger partial charge in [-0.1, -0.05) is 61.0 Å². The monoisotopic (exact) mass is 555 g/mol. The molecule has 0 aliphatic carbocycles. The van der Waals surface area contributed by atoms with Gasteiger partial charge in [-0.3, -0.25) is 13.9 Å². The number of anilines is 1. The van der Waals surface area contributed by atoms with E-state index in [9.17, 15) is 18.0 Å². The Kier molecular flexibility index (Phi) is 9.94. The van der Waals surface area contributed by atoms with Crippen LogP contribution in [0.5, 0.6) is 0 Å². The summed E-state index contributed by atoms with van der Waals surface area (Å²) in [4.78, 5) is 28.3. The molecule has 3 rings (SSSR count). The van der Waals surface area contributed by atoms with Gasteiger partial charge in [0, 0.05) is 18.1 Å². The second kappa shape index (κ2) is 12.9. The summed E-state index contributed by atoms with van der Waals surface area (Å²) >= 11 is 5.99. The van der Waals surface area contributed by atoms with E-state index in [0.29, 0.717) is 22.8 Å². The molecule has 9 heteroatoms. The second-order valence-corrected chi connectivity index (χ2v) is 11.5. The van der Waals surface area contributed by atoms with Gasteiger partial charge in [0.25, 0.3) is 10.0 Å². The third-order valence-electron chi connectivity index (χ3n) is 6.38. The quantitative estimate of drug-likeness (QED) is 0.357. The van der Waals surface area contributed by atoms with Crippen molar-refractivity contribution >= 4 is 39.1 Å².